The van der Waals surface area contributed by atoms with Gasteiger partial charge in [0.15, 0.2) is 5.76 Å². The van der Waals surface area contributed by atoms with Gasteiger partial charge in [0.25, 0.3) is 5.95 Å². The first-order valence-electron chi connectivity index (χ1n) is 3.39. The summed E-state index contributed by atoms with van der Waals surface area (Å²) in [7, 11) is -3.15. The van der Waals surface area contributed by atoms with E-state index in [1.807, 2.05) is 0 Å². The van der Waals surface area contributed by atoms with Gasteiger partial charge in [-0.2, -0.15) is 0 Å². The van der Waals surface area contributed by atoms with Gasteiger partial charge in [0, 0.05) is 6.07 Å². The smallest absolute Gasteiger partial charge is 0.367 e. The number of ketones is 1. The van der Waals surface area contributed by atoms with Gasteiger partial charge in [0.1, 0.15) is 5.94 Å². The van der Waals surface area contributed by atoms with Crippen LogP contribution >= 0.6 is 8.25 Å². The molecule has 0 amide bonds. The van der Waals surface area contributed by atoms with Crippen LogP contribution in [0, 0.1) is 0 Å². The first-order valence-corrected chi connectivity index (χ1v) is 4.65. The molecule has 74 valence electrons. The van der Waals surface area contributed by atoms with Crippen LogP contribution in [0.2, 0.25) is 0 Å². The van der Waals surface area contributed by atoms with Gasteiger partial charge in [0.2, 0.25) is 5.78 Å². The predicted molar refractivity (Wildman–Crippen MR) is 45.2 cm³/mol. The lowest BCUT2D eigenvalue weighted by Gasteiger charge is -1.93. The van der Waals surface area contributed by atoms with Gasteiger partial charge in [-0.1, -0.05) is 0 Å². The topological polar surface area (TPSA) is 93.8 Å². The van der Waals surface area contributed by atoms with E-state index in [-0.39, 0.29) is 11.7 Å². The van der Waals surface area contributed by atoms with Crippen molar-refractivity contribution in [3.8, 4) is 5.95 Å². The third kappa shape index (κ3) is 2.71. The molecule has 0 saturated heterocycles. The number of carbonyl (C=O) groups excluding carboxylic acids is 2. The van der Waals surface area contributed by atoms with E-state index in [0.717, 1.165) is 0 Å². The Morgan fingerprint density at radius 2 is 2.36 bits per heavy atom. The van der Waals surface area contributed by atoms with Crippen molar-refractivity contribution in [2.45, 2.75) is 0 Å². The summed E-state index contributed by atoms with van der Waals surface area (Å²) in [5, 5.41) is 0. The highest BCUT2D eigenvalue weighted by Crippen LogP contribution is 2.25. The summed E-state index contributed by atoms with van der Waals surface area (Å²) in [6.45, 7) is 0. The molecule has 1 aromatic rings. The van der Waals surface area contributed by atoms with E-state index in [1.165, 1.54) is 18.1 Å². The number of hydrogen-bond acceptors (Lipinski definition) is 5. The molecule has 0 aliphatic carbocycles. The maximum absolute atomic E-state index is 10.9. The summed E-state index contributed by atoms with van der Waals surface area (Å²) in [6, 6.07) is 2.42. The van der Waals surface area contributed by atoms with Crippen LogP contribution in [0.15, 0.2) is 22.6 Å². The number of furan rings is 1. The van der Waals surface area contributed by atoms with Crippen molar-refractivity contribution in [2.24, 2.45) is 0 Å². The Bertz CT molecular complexity index is 414. The second-order valence-corrected chi connectivity index (χ2v) is 2.85. The van der Waals surface area contributed by atoms with Crippen LogP contribution in [-0.4, -0.2) is 16.6 Å². The molecule has 0 radical (unpaired) electrons. The summed E-state index contributed by atoms with van der Waals surface area (Å²) in [5.74, 6) is 0.187. The van der Waals surface area contributed by atoms with Crippen molar-refractivity contribution in [3.05, 3.63) is 24.0 Å². The van der Waals surface area contributed by atoms with Crippen LogP contribution in [0.5, 0.6) is 5.95 Å². The van der Waals surface area contributed by atoms with E-state index >= 15 is 0 Å². The summed E-state index contributed by atoms with van der Waals surface area (Å²) >= 11 is 0. The molecule has 0 bridgehead atoms. The van der Waals surface area contributed by atoms with Crippen molar-refractivity contribution in [2.75, 3.05) is 0 Å². The third-order valence-electron chi connectivity index (χ3n) is 1.20. The second-order valence-electron chi connectivity index (χ2n) is 2.11. The standard InChI is InChI=1S/C7H5O6P/c8-4-3-5(9)6-1-2-7(12-6)13-14(10)11/h1-3,14H,(H,10,11). The third-order valence-corrected chi connectivity index (χ3v) is 1.58. The minimum absolute atomic E-state index is 0.161. The maximum Gasteiger partial charge on any atom is 0.367 e. The number of allylic oxidation sites excluding steroid dienone is 1. The molecule has 0 aliphatic rings. The molecular formula is C7H5O6P. The van der Waals surface area contributed by atoms with E-state index in [0.29, 0.717) is 6.08 Å². The van der Waals surface area contributed by atoms with E-state index < -0.39 is 14.0 Å². The Balaban J connectivity index is 2.82. The molecule has 0 fully saturated rings. The van der Waals surface area contributed by atoms with Crippen molar-refractivity contribution < 1.29 is 28.0 Å². The second kappa shape index (κ2) is 4.58. The number of rotatable bonds is 4. The fraction of sp³-hybridized carbons (Fsp3) is 0. The Labute approximate surface area is 78.7 Å². The van der Waals surface area contributed by atoms with Crippen LogP contribution in [0.25, 0.3) is 0 Å². The van der Waals surface area contributed by atoms with E-state index in [9.17, 15) is 14.2 Å². The summed E-state index contributed by atoms with van der Waals surface area (Å²) in [6.07, 6.45) is 0.643. The zero-order valence-electron chi connectivity index (χ0n) is 6.72. The molecule has 6 nitrogen and oxygen atoms in total. The van der Waals surface area contributed by atoms with Crippen LogP contribution in [0.4, 0.5) is 0 Å². The fourth-order valence-electron chi connectivity index (χ4n) is 0.718. The molecule has 1 unspecified atom stereocenters. The molecule has 0 saturated carbocycles. The largest absolute Gasteiger partial charge is 0.422 e. The molecule has 1 rings (SSSR count). The Morgan fingerprint density at radius 3 is 2.93 bits per heavy atom. The summed E-state index contributed by atoms with van der Waals surface area (Å²) < 4.78 is 19.2. The van der Waals surface area contributed by atoms with Crippen molar-refractivity contribution >= 4 is 20.0 Å². The SMILES string of the molecule is O=C=CC(=O)c1ccc(O[PH](=O)O)o1. The molecule has 1 aromatic heterocycles. The van der Waals surface area contributed by atoms with Gasteiger partial charge in [-0.25, -0.2) is 9.36 Å². The van der Waals surface area contributed by atoms with Gasteiger partial charge in [0.05, 0.1) is 6.08 Å². The van der Waals surface area contributed by atoms with Gasteiger partial charge in [-0.3, -0.25) is 4.79 Å². The van der Waals surface area contributed by atoms with E-state index in [2.05, 4.69) is 4.52 Å². The van der Waals surface area contributed by atoms with Gasteiger partial charge < -0.3 is 13.8 Å². The van der Waals surface area contributed by atoms with Crippen LogP contribution < -0.4 is 4.52 Å². The van der Waals surface area contributed by atoms with Gasteiger partial charge in [-0.15, -0.1) is 0 Å². The van der Waals surface area contributed by atoms with Crippen LogP contribution in [0.3, 0.4) is 0 Å². The van der Waals surface area contributed by atoms with Crippen molar-refractivity contribution in [3.63, 3.8) is 0 Å². The highest BCUT2D eigenvalue weighted by atomic mass is 31.1. The van der Waals surface area contributed by atoms with Crippen molar-refractivity contribution in [1.29, 1.82) is 0 Å². The fourth-order valence-corrected chi connectivity index (χ4v) is 1.000. The normalized spacial score (nSPS) is 11.5. The molecule has 7 heteroatoms. The molecule has 14 heavy (non-hydrogen) atoms. The van der Waals surface area contributed by atoms with Gasteiger partial charge in [-0.05, 0) is 6.07 Å². The van der Waals surface area contributed by atoms with E-state index in [1.54, 1.807) is 0 Å². The highest BCUT2D eigenvalue weighted by molar-refractivity contribution is 7.32. The zero-order valence-corrected chi connectivity index (χ0v) is 7.72. The molecule has 0 aromatic carbocycles. The molecule has 1 atom stereocenters. The minimum Gasteiger partial charge on any atom is -0.422 e. The lowest BCUT2D eigenvalue weighted by molar-refractivity contribution is 0.101. The lowest BCUT2D eigenvalue weighted by atomic mass is 10.3. The summed E-state index contributed by atoms with van der Waals surface area (Å²) in [5.41, 5.74) is 0. The molecule has 0 aliphatic heterocycles. The quantitative estimate of drug-likeness (QED) is 0.343. The van der Waals surface area contributed by atoms with Crippen LogP contribution in [-0.2, 0) is 9.36 Å². The number of carbonyl (C=O) groups is 1. The van der Waals surface area contributed by atoms with Crippen molar-refractivity contribution in [1.82, 2.24) is 0 Å². The van der Waals surface area contributed by atoms with Crippen LogP contribution in [0.1, 0.15) is 10.6 Å². The predicted octanol–water partition coefficient (Wildman–Crippen LogP) is 0.611. The maximum atomic E-state index is 10.9. The highest BCUT2D eigenvalue weighted by Gasteiger charge is 2.10. The molecule has 1 heterocycles. The first-order chi connectivity index (χ1) is 6.63. The van der Waals surface area contributed by atoms with Gasteiger partial charge >= 0.3 is 8.25 Å². The Kier molecular flexibility index (Phi) is 3.42. The Hall–Kier alpha value is -1.61. The minimum atomic E-state index is -3.15. The van der Waals surface area contributed by atoms with E-state index in [4.69, 9.17) is 9.31 Å². The number of hydrogen-bond donors (Lipinski definition) is 1. The zero-order chi connectivity index (χ0) is 10.6. The Morgan fingerprint density at radius 1 is 1.64 bits per heavy atom. The average Bonchev–Trinajstić information content (AvgIpc) is 2.52. The molecule has 0 spiro atoms. The summed E-state index contributed by atoms with van der Waals surface area (Å²) in [4.78, 5) is 29.1. The average molecular weight is 216 g/mol. The first kappa shape index (κ1) is 10.5. The lowest BCUT2D eigenvalue weighted by Crippen LogP contribution is -1.90. The monoisotopic (exact) mass is 216 g/mol. The molecule has 1 N–H and O–H groups in total. The molecular weight excluding hydrogens is 211 g/mol.